The molecule has 0 N–H and O–H groups in total. The first-order valence-electron chi connectivity index (χ1n) is 16.6. The zero-order valence-electron chi connectivity index (χ0n) is 29.5. The summed E-state index contributed by atoms with van der Waals surface area (Å²) in [4.78, 5) is 42.0. The first-order valence-corrected chi connectivity index (χ1v) is 16.6. The lowest BCUT2D eigenvalue weighted by Crippen LogP contribution is -2.60. The molecule has 4 rings (SSSR count). The van der Waals surface area contributed by atoms with E-state index in [0.29, 0.717) is 36.2 Å². The van der Waals surface area contributed by atoms with Crippen molar-refractivity contribution in [3.05, 3.63) is 23.5 Å². The largest absolute Gasteiger partial charge is 0.479 e. The fourth-order valence-corrected chi connectivity index (χ4v) is 7.81. The highest BCUT2D eigenvalue weighted by molar-refractivity contribution is 6.04. The van der Waals surface area contributed by atoms with Gasteiger partial charge in [-0.15, -0.1) is 0 Å². The highest BCUT2D eigenvalue weighted by Gasteiger charge is 2.56. The number of carbonyl (C=O) groups excluding carboxylic acids is 3. The van der Waals surface area contributed by atoms with Crippen LogP contribution in [-0.4, -0.2) is 104 Å². The van der Waals surface area contributed by atoms with Crippen molar-refractivity contribution in [3.63, 3.8) is 0 Å². The molecule has 0 saturated carbocycles. The van der Waals surface area contributed by atoms with E-state index in [1.165, 1.54) is 6.92 Å². The summed E-state index contributed by atoms with van der Waals surface area (Å²) in [6.07, 6.45) is -2.63. The number of likely N-dealkylation sites (N-methyl/N-ethyl adjacent to an activating group) is 1. The molecule has 4 bridgehead atoms. The molecule has 0 amide bonds. The number of hydrogen-bond acceptors (Lipinski definition) is 11. The van der Waals surface area contributed by atoms with Gasteiger partial charge in [0.05, 0.1) is 49.1 Å². The number of rotatable bonds is 5. The number of hydrogen-bond donors (Lipinski definition) is 0. The van der Waals surface area contributed by atoms with Gasteiger partial charge in [0.2, 0.25) is 11.4 Å². The number of fused-ring (bicyclic) bond motifs is 5. The van der Waals surface area contributed by atoms with Crippen molar-refractivity contribution in [2.24, 2.45) is 17.8 Å². The Morgan fingerprint density at radius 2 is 1.78 bits per heavy atom. The van der Waals surface area contributed by atoms with E-state index < -0.39 is 65.7 Å². The minimum atomic E-state index is -1.35. The van der Waals surface area contributed by atoms with Gasteiger partial charge in [-0.25, -0.2) is 0 Å². The second-order valence-corrected chi connectivity index (χ2v) is 14.5. The van der Waals surface area contributed by atoms with Gasteiger partial charge in [0.1, 0.15) is 11.9 Å². The van der Waals surface area contributed by atoms with E-state index in [0.717, 1.165) is 0 Å². The average Bonchev–Trinajstić information content (AvgIpc) is 3.23. The highest BCUT2D eigenvalue weighted by Crippen LogP contribution is 2.45. The number of Topliss-reactive ketones (excluding diaryl/α,β-unsaturated/α-hetero) is 1. The van der Waals surface area contributed by atoms with Crippen molar-refractivity contribution in [1.82, 2.24) is 4.90 Å². The lowest BCUT2D eigenvalue weighted by molar-refractivity contribution is -0.304. The molecular formula is C35H55NO10. The van der Waals surface area contributed by atoms with Gasteiger partial charge in [0.15, 0.2) is 12.4 Å². The van der Waals surface area contributed by atoms with Gasteiger partial charge in [-0.2, -0.15) is 0 Å². The molecule has 11 nitrogen and oxygen atoms in total. The third-order valence-electron chi connectivity index (χ3n) is 10.3. The van der Waals surface area contributed by atoms with Crippen molar-refractivity contribution in [1.29, 1.82) is 0 Å². The Balaban J connectivity index is 1.87. The van der Waals surface area contributed by atoms with E-state index in [2.05, 4.69) is 6.58 Å². The molecule has 4 aliphatic rings. The second kappa shape index (κ2) is 14.0. The number of carbonyl (C=O) groups is 3. The molecule has 3 saturated heterocycles. The van der Waals surface area contributed by atoms with Gasteiger partial charge < -0.3 is 38.1 Å². The smallest absolute Gasteiger partial charge is 0.311 e. The van der Waals surface area contributed by atoms with Crippen LogP contribution in [0, 0.1) is 17.8 Å². The molecule has 1 unspecified atom stereocenters. The maximum absolute atomic E-state index is 13.9. The summed E-state index contributed by atoms with van der Waals surface area (Å²) < 4.78 is 45.0. The minimum absolute atomic E-state index is 0.167. The Hall–Kier alpha value is -2.31. The topological polar surface area (TPSA) is 119 Å². The van der Waals surface area contributed by atoms with Crippen LogP contribution in [0.2, 0.25) is 0 Å². The Kier molecular flexibility index (Phi) is 11.1. The molecule has 11 heteroatoms. The lowest BCUT2D eigenvalue weighted by Gasteiger charge is -2.48. The fraction of sp³-hybridized carbons (Fsp3) is 0.800. The summed E-state index contributed by atoms with van der Waals surface area (Å²) in [5, 5.41) is 0. The Morgan fingerprint density at radius 3 is 2.39 bits per heavy atom. The molecule has 4 aliphatic heterocycles. The van der Waals surface area contributed by atoms with Crippen molar-refractivity contribution in [2.75, 3.05) is 27.3 Å². The molecular weight excluding hydrogens is 594 g/mol. The maximum atomic E-state index is 13.9. The standard InChI is InChI=1S/C35H55NO10/c1-13-26-35(10)30(38)21(5)27(46-35)19(3)15-34(9)31(22(6)28(23(7)32(39)44-26)40-16-18(2)17-41-34)45-33-29(43-24(8)37)25(36(11)12)14-20(4)42-33/h19-20,22-23,25-26,28-29,31,33H,2,13-17H2,1,3-12H3/t19-,20-,22-,23-,25+,26-,28+,29-,31-,33+,34-,35?/m1/s1. The van der Waals surface area contributed by atoms with E-state index in [-0.39, 0.29) is 37.1 Å². The second-order valence-electron chi connectivity index (χ2n) is 14.5. The number of nitrogens with zero attached hydrogens (tertiary/aromatic N) is 1. The third kappa shape index (κ3) is 7.09. The van der Waals surface area contributed by atoms with E-state index in [1.807, 2.05) is 53.6 Å². The van der Waals surface area contributed by atoms with E-state index in [9.17, 15) is 14.4 Å². The number of cyclic esters (lactones) is 1. The first-order chi connectivity index (χ1) is 21.4. The van der Waals surface area contributed by atoms with Crippen LogP contribution in [0.15, 0.2) is 23.5 Å². The van der Waals surface area contributed by atoms with Gasteiger partial charge >= 0.3 is 11.9 Å². The summed E-state index contributed by atoms with van der Waals surface area (Å²) in [5.74, 6) is -2.06. The normalized spacial score (nSPS) is 42.7. The lowest BCUT2D eigenvalue weighted by atomic mass is 9.77. The summed E-state index contributed by atoms with van der Waals surface area (Å²) in [6, 6.07) is -0.167. The number of ketones is 1. The molecule has 0 aromatic rings. The molecule has 0 aromatic heterocycles. The molecule has 46 heavy (non-hydrogen) atoms. The van der Waals surface area contributed by atoms with Crippen LogP contribution in [0.1, 0.15) is 81.6 Å². The first kappa shape index (κ1) is 36.5. The SMILES string of the molecule is C=C1CO[C@H]2[C@@H](C)[C@@H](O[C@@H]3O[C@H](C)C[C@H](N(C)C)[C@H]3OC(C)=O)[C@@](C)(C[C@@H](C)C3=C(C)C(=O)C(C)(O3)[C@@H](CC)OC(=O)[C@@H]2C)OC1. The van der Waals surface area contributed by atoms with Crippen LogP contribution in [0.5, 0.6) is 0 Å². The van der Waals surface area contributed by atoms with Crippen LogP contribution in [0.4, 0.5) is 0 Å². The highest BCUT2D eigenvalue weighted by atomic mass is 16.7. The Bertz CT molecular complexity index is 1220. The van der Waals surface area contributed by atoms with Gasteiger partial charge in [-0.05, 0) is 73.5 Å². The Labute approximate surface area is 274 Å². The number of ether oxygens (including phenoxy) is 7. The predicted octanol–water partition coefficient (Wildman–Crippen LogP) is 4.36. The predicted molar refractivity (Wildman–Crippen MR) is 170 cm³/mol. The van der Waals surface area contributed by atoms with Crippen molar-refractivity contribution in [3.8, 4) is 0 Å². The van der Waals surface area contributed by atoms with Crippen molar-refractivity contribution < 1.29 is 47.5 Å². The molecule has 0 aromatic carbocycles. The molecule has 0 aliphatic carbocycles. The summed E-state index contributed by atoms with van der Waals surface area (Å²) >= 11 is 0. The summed E-state index contributed by atoms with van der Waals surface area (Å²) in [5.41, 5.74) is -1.16. The molecule has 3 fully saturated rings. The molecule has 4 heterocycles. The Morgan fingerprint density at radius 1 is 1.11 bits per heavy atom. The molecule has 0 spiro atoms. The molecule has 260 valence electrons. The zero-order valence-corrected chi connectivity index (χ0v) is 29.5. The minimum Gasteiger partial charge on any atom is -0.479 e. The third-order valence-corrected chi connectivity index (χ3v) is 10.3. The molecule has 0 radical (unpaired) electrons. The van der Waals surface area contributed by atoms with E-state index in [1.54, 1.807) is 20.8 Å². The van der Waals surface area contributed by atoms with Crippen LogP contribution >= 0.6 is 0 Å². The van der Waals surface area contributed by atoms with E-state index >= 15 is 0 Å². The molecule has 12 atom stereocenters. The van der Waals surface area contributed by atoms with Gasteiger partial charge in [-0.1, -0.05) is 27.4 Å². The average molecular weight is 650 g/mol. The van der Waals surface area contributed by atoms with Crippen LogP contribution < -0.4 is 0 Å². The van der Waals surface area contributed by atoms with Crippen LogP contribution in [-0.2, 0) is 47.5 Å². The summed E-state index contributed by atoms with van der Waals surface area (Å²) in [6.45, 7) is 20.9. The number of esters is 2. The quantitative estimate of drug-likeness (QED) is 0.312. The van der Waals surface area contributed by atoms with Gasteiger partial charge in [-0.3, -0.25) is 14.4 Å². The zero-order chi connectivity index (χ0) is 34.3. The fourth-order valence-electron chi connectivity index (χ4n) is 7.81. The van der Waals surface area contributed by atoms with Gasteiger partial charge in [0, 0.05) is 24.3 Å². The van der Waals surface area contributed by atoms with Crippen molar-refractivity contribution >= 4 is 17.7 Å². The maximum Gasteiger partial charge on any atom is 0.311 e. The van der Waals surface area contributed by atoms with Crippen LogP contribution in [0.25, 0.3) is 0 Å². The van der Waals surface area contributed by atoms with Crippen LogP contribution in [0.3, 0.4) is 0 Å². The van der Waals surface area contributed by atoms with E-state index in [4.69, 9.17) is 33.2 Å². The number of allylic oxidation sites excluding steroid dienone is 1. The monoisotopic (exact) mass is 649 g/mol. The summed E-state index contributed by atoms with van der Waals surface area (Å²) in [7, 11) is 3.88. The van der Waals surface area contributed by atoms with Crippen molar-refractivity contribution in [2.45, 2.75) is 136 Å². The van der Waals surface area contributed by atoms with Gasteiger partial charge in [0.25, 0.3) is 0 Å².